The minimum atomic E-state index is -0.0342. The summed E-state index contributed by atoms with van der Waals surface area (Å²) < 4.78 is 0. The molecule has 0 aliphatic rings. The van der Waals surface area contributed by atoms with E-state index in [1.807, 2.05) is 12.1 Å². The second-order valence-electron chi connectivity index (χ2n) is 4.12. The number of hydrogen-bond acceptors (Lipinski definition) is 3. The number of carbonyl (C=O) groups is 1. The third-order valence-electron chi connectivity index (χ3n) is 2.63. The van der Waals surface area contributed by atoms with Gasteiger partial charge in [-0.1, -0.05) is 25.0 Å². The maximum Gasteiger partial charge on any atom is 0.231 e. The lowest BCUT2D eigenvalue weighted by Crippen LogP contribution is -2.25. The van der Waals surface area contributed by atoms with E-state index in [1.165, 1.54) is 17.3 Å². The Kier molecular flexibility index (Phi) is 7.09. The van der Waals surface area contributed by atoms with E-state index in [-0.39, 0.29) is 12.5 Å². The highest BCUT2D eigenvalue weighted by atomic mass is 32.2. The molecule has 0 aromatic heterocycles. The first-order valence-corrected chi connectivity index (χ1v) is 7.32. The fourth-order valence-electron chi connectivity index (χ4n) is 1.65. The highest BCUT2D eigenvalue weighted by molar-refractivity contribution is 8.00. The second kappa shape index (κ2) is 8.63. The first kappa shape index (κ1) is 15.6. The number of thioether (sulfide) groups is 1. The zero-order chi connectivity index (χ0) is 14.1. The lowest BCUT2D eigenvalue weighted by Gasteiger charge is -2.13. The van der Waals surface area contributed by atoms with Crippen LogP contribution in [-0.4, -0.2) is 24.7 Å². The maximum absolute atomic E-state index is 11.5. The summed E-state index contributed by atoms with van der Waals surface area (Å²) in [6.45, 7) is 5.45. The molecule has 1 rings (SSSR count). The van der Waals surface area contributed by atoms with Gasteiger partial charge >= 0.3 is 0 Å². The van der Waals surface area contributed by atoms with Crippen LogP contribution in [0.3, 0.4) is 0 Å². The van der Waals surface area contributed by atoms with E-state index < -0.39 is 0 Å². The molecular formula is C15H20N2OS. The van der Waals surface area contributed by atoms with Crippen LogP contribution in [0.5, 0.6) is 0 Å². The molecule has 0 fully saturated rings. The molecular weight excluding hydrogens is 256 g/mol. The summed E-state index contributed by atoms with van der Waals surface area (Å²) in [5.74, 6) is 2.74. The number of rotatable bonds is 7. The van der Waals surface area contributed by atoms with Crippen molar-refractivity contribution in [3.8, 4) is 12.3 Å². The van der Waals surface area contributed by atoms with Crippen molar-refractivity contribution in [2.24, 2.45) is 0 Å². The summed E-state index contributed by atoms with van der Waals surface area (Å²) in [5, 5.41) is 6.02. The van der Waals surface area contributed by atoms with Crippen molar-refractivity contribution in [1.82, 2.24) is 10.6 Å². The minimum absolute atomic E-state index is 0.0342. The van der Waals surface area contributed by atoms with Gasteiger partial charge in [0.25, 0.3) is 0 Å². The molecule has 0 heterocycles. The predicted molar refractivity (Wildman–Crippen MR) is 81.1 cm³/mol. The fraction of sp³-hybridized carbons (Fsp3) is 0.400. The Morgan fingerprint density at radius 1 is 1.53 bits per heavy atom. The highest BCUT2D eigenvalue weighted by Gasteiger charge is 2.06. The van der Waals surface area contributed by atoms with Crippen molar-refractivity contribution in [2.75, 3.05) is 18.8 Å². The lowest BCUT2D eigenvalue weighted by molar-refractivity contribution is -0.118. The molecule has 0 spiro atoms. The monoisotopic (exact) mass is 276 g/mol. The first-order chi connectivity index (χ1) is 9.17. The van der Waals surface area contributed by atoms with E-state index in [9.17, 15) is 4.79 Å². The average Bonchev–Trinajstić information content (AvgIpc) is 2.43. The van der Waals surface area contributed by atoms with Crippen LogP contribution >= 0.6 is 11.8 Å². The van der Waals surface area contributed by atoms with E-state index in [0.29, 0.717) is 11.8 Å². The van der Waals surface area contributed by atoms with E-state index in [4.69, 9.17) is 6.42 Å². The Bertz CT molecular complexity index is 454. The fourth-order valence-corrected chi connectivity index (χ4v) is 2.44. The molecule has 0 radical (unpaired) electrons. The summed E-state index contributed by atoms with van der Waals surface area (Å²) >= 11 is 1.52. The number of terminal acetylenes is 1. The van der Waals surface area contributed by atoms with Gasteiger partial charge in [0.15, 0.2) is 0 Å². The second-order valence-corrected chi connectivity index (χ2v) is 5.17. The third kappa shape index (κ3) is 5.82. The molecule has 1 aromatic rings. The zero-order valence-electron chi connectivity index (χ0n) is 11.4. The van der Waals surface area contributed by atoms with Crippen molar-refractivity contribution in [2.45, 2.75) is 24.8 Å². The number of amides is 1. The molecule has 0 aliphatic carbocycles. The van der Waals surface area contributed by atoms with Gasteiger partial charge in [-0.3, -0.25) is 4.79 Å². The van der Waals surface area contributed by atoms with Crippen molar-refractivity contribution in [3.63, 3.8) is 0 Å². The molecule has 0 saturated heterocycles. The number of carbonyl (C=O) groups excluding carboxylic acids is 1. The Morgan fingerprint density at radius 3 is 3.00 bits per heavy atom. The van der Waals surface area contributed by atoms with Crippen LogP contribution in [0.4, 0.5) is 0 Å². The van der Waals surface area contributed by atoms with Gasteiger partial charge in [-0.25, -0.2) is 0 Å². The molecule has 3 nitrogen and oxygen atoms in total. The Balaban J connectivity index is 2.53. The zero-order valence-corrected chi connectivity index (χ0v) is 12.2. The van der Waals surface area contributed by atoms with E-state index >= 15 is 0 Å². The topological polar surface area (TPSA) is 41.1 Å². The van der Waals surface area contributed by atoms with Gasteiger partial charge in [0.1, 0.15) is 0 Å². The van der Waals surface area contributed by atoms with Crippen LogP contribution < -0.4 is 10.6 Å². The molecule has 1 atom stereocenters. The molecule has 102 valence electrons. The first-order valence-electron chi connectivity index (χ1n) is 6.33. The molecule has 1 amide bonds. The SMILES string of the molecule is C#CCNC(=O)CSc1cccc(C(C)NCC)c1. The van der Waals surface area contributed by atoms with Gasteiger partial charge in [-0.05, 0) is 31.2 Å². The summed E-state index contributed by atoms with van der Waals surface area (Å²) in [4.78, 5) is 12.6. The van der Waals surface area contributed by atoms with Crippen molar-refractivity contribution >= 4 is 17.7 Å². The summed E-state index contributed by atoms with van der Waals surface area (Å²) in [6.07, 6.45) is 5.09. The molecule has 2 N–H and O–H groups in total. The lowest BCUT2D eigenvalue weighted by atomic mass is 10.1. The Hall–Kier alpha value is -1.44. The maximum atomic E-state index is 11.5. The molecule has 19 heavy (non-hydrogen) atoms. The van der Waals surface area contributed by atoms with Crippen LogP contribution in [0.2, 0.25) is 0 Å². The molecule has 0 bridgehead atoms. The summed E-state index contributed by atoms with van der Waals surface area (Å²) in [7, 11) is 0. The number of hydrogen-bond donors (Lipinski definition) is 2. The van der Waals surface area contributed by atoms with E-state index in [2.05, 4.69) is 42.5 Å². The quantitative estimate of drug-likeness (QED) is 0.592. The molecule has 0 aliphatic heterocycles. The molecule has 4 heteroatoms. The predicted octanol–water partition coefficient (Wildman–Crippen LogP) is 2.20. The van der Waals surface area contributed by atoms with Gasteiger partial charge in [0, 0.05) is 10.9 Å². The largest absolute Gasteiger partial charge is 0.344 e. The smallest absolute Gasteiger partial charge is 0.231 e. The van der Waals surface area contributed by atoms with Gasteiger partial charge in [0.2, 0.25) is 5.91 Å². The minimum Gasteiger partial charge on any atom is -0.344 e. The van der Waals surface area contributed by atoms with Gasteiger partial charge in [0.05, 0.1) is 12.3 Å². The van der Waals surface area contributed by atoms with Crippen molar-refractivity contribution < 1.29 is 4.79 Å². The van der Waals surface area contributed by atoms with Crippen molar-refractivity contribution in [3.05, 3.63) is 29.8 Å². The van der Waals surface area contributed by atoms with Crippen molar-refractivity contribution in [1.29, 1.82) is 0 Å². The summed E-state index contributed by atoms with van der Waals surface area (Å²) in [6, 6.07) is 8.56. The molecule has 1 aromatic carbocycles. The van der Waals surface area contributed by atoms with Crippen LogP contribution in [0, 0.1) is 12.3 Å². The van der Waals surface area contributed by atoms with Gasteiger partial charge in [-0.2, -0.15) is 0 Å². The number of nitrogens with one attached hydrogen (secondary N) is 2. The third-order valence-corrected chi connectivity index (χ3v) is 3.62. The standard InChI is InChI=1S/C15H20N2OS/c1-4-9-17-15(18)11-19-14-8-6-7-13(10-14)12(3)16-5-2/h1,6-8,10,12,16H,5,9,11H2,2-3H3,(H,17,18). The molecule has 1 unspecified atom stereocenters. The summed E-state index contributed by atoms with van der Waals surface area (Å²) in [5.41, 5.74) is 1.23. The van der Waals surface area contributed by atoms with Gasteiger partial charge in [-0.15, -0.1) is 18.2 Å². The van der Waals surface area contributed by atoms with E-state index in [1.54, 1.807) is 0 Å². The average molecular weight is 276 g/mol. The van der Waals surface area contributed by atoms with Crippen LogP contribution in [0.15, 0.2) is 29.2 Å². The Morgan fingerprint density at radius 2 is 2.32 bits per heavy atom. The number of benzene rings is 1. The van der Waals surface area contributed by atoms with E-state index in [0.717, 1.165) is 11.4 Å². The van der Waals surface area contributed by atoms with Crippen LogP contribution in [0.25, 0.3) is 0 Å². The van der Waals surface area contributed by atoms with Crippen LogP contribution in [0.1, 0.15) is 25.5 Å². The normalized spacial score (nSPS) is 11.6. The van der Waals surface area contributed by atoms with Gasteiger partial charge < -0.3 is 10.6 Å². The Labute approximate surface area is 119 Å². The highest BCUT2D eigenvalue weighted by Crippen LogP contribution is 2.22. The van der Waals surface area contributed by atoms with Crippen LogP contribution in [-0.2, 0) is 4.79 Å². The molecule has 0 saturated carbocycles.